The van der Waals surface area contributed by atoms with Crippen LogP contribution in [-0.2, 0) is 4.84 Å². The normalized spacial score (nSPS) is 13.0. The number of urea groups is 1. The minimum Gasteiger partial charge on any atom is -0.350 e. The molecular weight excluding hydrogens is 328 g/mol. The van der Waals surface area contributed by atoms with Crippen molar-refractivity contribution >= 4 is 23.8 Å². The Kier molecular flexibility index (Phi) is 3.76. The lowest BCUT2D eigenvalue weighted by Gasteiger charge is -2.13. The van der Waals surface area contributed by atoms with Crippen molar-refractivity contribution in [1.29, 1.82) is 0 Å². The van der Waals surface area contributed by atoms with Gasteiger partial charge in [-0.2, -0.15) is 0 Å². The Morgan fingerprint density at radius 2 is 1.64 bits per heavy atom. The zero-order chi connectivity index (χ0) is 18.3. The third-order valence-electron chi connectivity index (χ3n) is 3.80. The first kappa shape index (κ1) is 16.2. The van der Waals surface area contributed by atoms with E-state index >= 15 is 0 Å². The first-order valence-corrected chi connectivity index (χ1v) is 7.26. The number of nitrogens with one attached hydrogen (secondary N) is 1. The fourth-order valence-electron chi connectivity index (χ4n) is 2.63. The highest BCUT2D eigenvalue weighted by atomic mass is 16.7. The summed E-state index contributed by atoms with van der Waals surface area (Å²) < 4.78 is 1.31. The summed E-state index contributed by atoms with van der Waals surface area (Å²) in [6.45, 7) is 3.20. The number of aromatic nitrogens is 1. The molecule has 9 nitrogen and oxygen atoms in total. The van der Waals surface area contributed by atoms with E-state index in [-0.39, 0.29) is 16.7 Å². The van der Waals surface area contributed by atoms with Crippen molar-refractivity contribution in [2.75, 3.05) is 5.43 Å². The number of nitrogens with zero attached hydrogens (tertiary/aromatic N) is 2. The molecule has 9 heteroatoms. The number of hydrogen-bond donors (Lipinski definition) is 2. The molecule has 1 aliphatic rings. The Balaban J connectivity index is 1.86. The lowest BCUT2D eigenvalue weighted by atomic mass is 10.1. The van der Waals surface area contributed by atoms with Crippen molar-refractivity contribution in [1.82, 2.24) is 9.74 Å². The van der Waals surface area contributed by atoms with Gasteiger partial charge in [0.05, 0.1) is 22.4 Å². The minimum absolute atomic E-state index is 0.0859. The van der Waals surface area contributed by atoms with Gasteiger partial charge in [0.2, 0.25) is 0 Å². The summed E-state index contributed by atoms with van der Waals surface area (Å²) in [6.07, 6.45) is 0. The van der Waals surface area contributed by atoms with E-state index in [1.165, 1.54) is 22.9 Å². The molecule has 3 N–H and O–H groups in total. The molecule has 0 atom stereocenters. The second-order valence-electron chi connectivity index (χ2n) is 5.43. The zero-order valence-electron chi connectivity index (χ0n) is 13.4. The van der Waals surface area contributed by atoms with E-state index in [2.05, 4.69) is 5.43 Å². The number of carbonyl (C=O) groups is 4. The smallest absolute Gasteiger partial charge is 0.350 e. The Morgan fingerprint density at radius 3 is 2.16 bits per heavy atom. The molecule has 1 aromatic heterocycles. The molecule has 25 heavy (non-hydrogen) atoms. The second-order valence-corrected chi connectivity index (χ2v) is 5.43. The first-order chi connectivity index (χ1) is 11.8. The highest BCUT2D eigenvalue weighted by Gasteiger charge is 2.39. The van der Waals surface area contributed by atoms with Crippen molar-refractivity contribution in [2.45, 2.75) is 13.8 Å². The largest absolute Gasteiger partial charge is 0.365 e. The number of aryl methyl sites for hydroxylation is 1. The van der Waals surface area contributed by atoms with Gasteiger partial charge in [0.25, 0.3) is 11.8 Å². The fraction of sp³-hybridized carbons (Fsp3) is 0.125. The quantitative estimate of drug-likeness (QED) is 0.808. The molecule has 1 aliphatic heterocycles. The van der Waals surface area contributed by atoms with E-state index in [1.807, 2.05) is 0 Å². The molecule has 0 saturated heterocycles. The zero-order valence-corrected chi connectivity index (χ0v) is 13.4. The Morgan fingerprint density at radius 1 is 1.08 bits per heavy atom. The molecule has 0 radical (unpaired) electrons. The third kappa shape index (κ3) is 2.61. The molecule has 3 rings (SSSR count). The van der Waals surface area contributed by atoms with Crippen molar-refractivity contribution < 1.29 is 24.0 Å². The number of hydroxylamine groups is 2. The van der Waals surface area contributed by atoms with Gasteiger partial charge in [0.1, 0.15) is 0 Å². The van der Waals surface area contributed by atoms with Crippen molar-refractivity contribution in [2.24, 2.45) is 5.73 Å². The van der Waals surface area contributed by atoms with Gasteiger partial charge in [-0.25, -0.2) is 15.0 Å². The van der Waals surface area contributed by atoms with Gasteiger partial charge < -0.3 is 10.6 Å². The van der Waals surface area contributed by atoms with E-state index in [9.17, 15) is 19.2 Å². The molecule has 0 aliphatic carbocycles. The summed E-state index contributed by atoms with van der Waals surface area (Å²) in [7, 11) is 0. The van der Waals surface area contributed by atoms with Gasteiger partial charge in [-0.05, 0) is 32.0 Å². The van der Waals surface area contributed by atoms with E-state index in [0.717, 1.165) is 0 Å². The van der Waals surface area contributed by atoms with Gasteiger partial charge in [0, 0.05) is 5.69 Å². The highest BCUT2D eigenvalue weighted by Crippen LogP contribution is 2.24. The highest BCUT2D eigenvalue weighted by molar-refractivity contribution is 6.21. The van der Waals surface area contributed by atoms with Crippen LogP contribution in [0.4, 0.5) is 4.79 Å². The fourth-order valence-corrected chi connectivity index (χ4v) is 2.63. The first-order valence-electron chi connectivity index (χ1n) is 7.26. The standard InChI is InChI=1S/C16H14N4O5/c1-8-7-12(9(2)19(8)18-16(17)24)15(23)25-20-13(21)10-5-3-4-6-11(10)14(20)22/h3-7H,1-2H3,(H3,17,18,24). The number of nitrogens with two attached hydrogens (primary N) is 1. The van der Waals surface area contributed by atoms with Gasteiger partial charge in [-0.1, -0.05) is 17.2 Å². The number of carbonyl (C=O) groups excluding carboxylic acids is 4. The number of imide groups is 1. The summed E-state index contributed by atoms with van der Waals surface area (Å²) >= 11 is 0. The van der Waals surface area contributed by atoms with Crippen molar-refractivity contribution in [3.63, 3.8) is 0 Å². The van der Waals surface area contributed by atoms with Crippen LogP contribution < -0.4 is 11.2 Å². The van der Waals surface area contributed by atoms with Crippen LogP contribution >= 0.6 is 0 Å². The maximum absolute atomic E-state index is 12.4. The Bertz CT molecular complexity index is 896. The summed E-state index contributed by atoms with van der Waals surface area (Å²) in [5.74, 6) is -2.32. The summed E-state index contributed by atoms with van der Waals surface area (Å²) in [4.78, 5) is 52.9. The van der Waals surface area contributed by atoms with Crippen molar-refractivity contribution in [3.05, 3.63) is 58.4 Å². The monoisotopic (exact) mass is 342 g/mol. The SMILES string of the molecule is Cc1cc(C(=O)ON2C(=O)c3ccccc3C2=O)c(C)n1NC(N)=O. The molecular formula is C16H14N4O5. The van der Waals surface area contributed by atoms with E-state index < -0.39 is 23.8 Å². The lowest BCUT2D eigenvalue weighted by molar-refractivity contribution is -0.0585. The molecule has 1 aromatic carbocycles. The summed E-state index contributed by atoms with van der Waals surface area (Å²) in [5.41, 5.74) is 8.71. The lowest BCUT2D eigenvalue weighted by Crippen LogP contribution is -2.33. The van der Waals surface area contributed by atoms with Crippen LogP contribution in [0.2, 0.25) is 0 Å². The average molecular weight is 342 g/mol. The predicted molar refractivity (Wildman–Crippen MR) is 85.2 cm³/mol. The van der Waals surface area contributed by atoms with Gasteiger partial charge in [-0.15, -0.1) is 0 Å². The predicted octanol–water partition coefficient (Wildman–Crippen LogP) is 1.10. The number of primary amides is 1. The third-order valence-corrected chi connectivity index (χ3v) is 3.80. The van der Waals surface area contributed by atoms with Crippen molar-refractivity contribution in [3.8, 4) is 0 Å². The second kappa shape index (κ2) is 5.78. The number of amides is 4. The molecule has 0 saturated carbocycles. The maximum Gasteiger partial charge on any atom is 0.365 e. The molecule has 4 amide bonds. The number of rotatable bonds is 3. The molecule has 0 bridgehead atoms. The number of hydrogen-bond acceptors (Lipinski definition) is 5. The summed E-state index contributed by atoms with van der Waals surface area (Å²) in [5, 5.41) is 0.431. The molecule has 128 valence electrons. The van der Waals surface area contributed by atoms with Crippen LogP contribution in [0.15, 0.2) is 30.3 Å². The Hall–Kier alpha value is -3.62. The van der Waals surface area contributed by atoms with Crippen LogP contribution in [-0.4, -0.2) is 33.6 Å². The Labute approximate surface area is 141 Å². The summed E-state index contributed by atoms with van der Waals surface area (Å²) in [6, 6.07) is 6.82. The molecule has 0 spiro atoms. The molecule has 2 heterocycles. The van der Waals surface area contributed by atoms with Gasteiger partial charge in [-0.3, -0.25) is 14.3 Å². The van der Waals surface area contributed by atoms with Crippen LogP contribution in [0.25, 0.3) is 0 Å². The van der Waals surface area contributed by atoms with Gasteiger partial charge in [0.15, 0.2) is 0 Å². The molecule has 0 fully saturated rings. The topological polar surface area (TPSA) is 124 Å². The van der Waals surface area contributed by atoms with E-state index in [4.69, 9.17) is 10.6 Å². The van der Waals surface area contributed by atoms with Crippen LogP contribution in [0.3, 0.4) is 0 Å². The molecule has 2 aromatic rings. The van der Waals surface area contributed by atoms with Crippen LogP contribution in [0, 0.1) is 13.8 Å². The molecule has 0 unspecified atom stereocenters. The average Bonchev–Trinajstić information content (AvgIpc) is 2.98. The van der Waals surface area contributed by atoms with Gasteiger partial charge >= 0.3 is 12.0 Å². The maximum atomic E-state index is 12.4. The number of benzene rings is 1. The van der Waals surface area contributed by atoms with E-state index in [0.29, 0.717) is 16.5 Å². The van der Waals surface area contributed by atoms with E-state index in [1.54, 1.807) is 26.0 Å². The van der Waals surface area contributed by atoms with Crippen LogP contribution in [0.5, 0.6) is 0 Å². The number of fused-ring (bicyclic) bond motifs is 1. The van der Waals surface area contributed by atoms with Crippen LogP contribution in [0.1, 0.15) is 42.5 Å². The minimum atomic E-state index is -0.903.